The Balaban J connectivity index is 2.09. The van der Waals surface area contributed by atoms with Gasteiger partial charge >= 0.3 is 0 Å². The van der Waals surface area contributed by atoms with Crippen molar-refractivity contribution in [3.8, 4) is 0 Å². The maximum absolute atomic E-state index is 11.5. The highest BCUT2D eigenvalue weighted by atomic mass is 35.5. The van der Waals surface area contributed by atoms with Gasteiger partial charge in [-0.2, -0.15) is 0 Å². The second-order valence-electron chi connectivity index (χ2n) is 4.83. The topological polar surface area (TPSA) is 89.3 Å². The zero-order valence-corrected chi connectivity index (χ0v) is 12.3. The lowest BCUT2D eigenvalue weighted by atomic mass is 10.1. The van der Waals surface area contributed by atoms with Gasteiger partial charge in [0.2, 0.25) is 0 Å². The molecule has 110 valence electrons. The van der Waals surface area contributed by atoms with Crippen molar-refractivity contribution in [3.63, 3.8) is 0 Å². The second kappa shape index (κ2) is 6.07. The van der Waals surface area contributed by atoms with Crippen molar-refractivity contribution in [2.45, 2.75) is 25.4 Å². The van der Waals surface area contributed by atoms with E-state index in [1.54, 1.807) is 6.07 Å². The van der Waals surface area contributed by atoms with Gasteiger partial charge in [-0.05, 0) is 18.9 Å². The van der Waals surface area contributed by atoms with Crippen LogP contribution in [-0.2, 0) is 16.4 Å². The lowest BCUT2D eigenvalue weighted by molar-refractivity contribution is -0.385. The fourth-order valence-electron chi connectivity index (χ4n) is 2.32. The van der Waals surface area contributed by atoms with Crippen LogP contribution in [0, 0.1) is 10.1 Å². The van der Waals surface area contributed by atoms with Crippen LogP contribution in [0.2, 0.25) is 5.02 Å². The first kappa shape index (κ1) is 15.2. The lowest BCUT2D eigenvalue weighted by Gasteiger charge is -2.23. The minimum Gasteiger partial charge on any atom is -0.309 e. The molecule has 1 unspecified atom stereocenters. The van der Waals surface area contributed by atoms with Crippen molar-refractivity contribution in [1.29, 1.82) is 0 Å². The molecule has 20 heavy (non-hydrogen) atoms. The zero-order chi connectivity index (χ0) is 14.8. The molecule has 1 aromatic rings. The van der Waals surface area contributed by atoms with Crippen molar-refractivity contribution in [1.82, 2.24) is 5.32 Å². The number of hydrogen-bond acceptors (Lipinski definition) is 5. The summed E-state index contributed by atoms with van der Waals surface area (Å²) in [5.41, 5.74) is 0.339. The van der Waals surface area contributed by atoms with E-state index in [2.05, 4.69) is 5.32 Å². The summed E-state index contributed by atoms with van der Waals surface area (Å²) in [6, 6.07) is 4.32. The van der Waals surface area contributed by atoms with Gasteiger partial charge in [0.25, 0.3) is 5.69 Å². The van der Waals surface area contributed by atoms with Gasteiger partial charge in [0.05, 0.1) is 27.0 Å². The van der Waals surface area contributed by atoms with Crippen molar-refractivity contribution in [3.05, 3.63) is 38.9 Å². The van der Waals surface area contributed by atoms with E-state index < -0.39 is 14.8 Å². The van der Waals surface area contributed by atoms with Gasteiger partial charge in [0, 0.05) is 18.7 Å². The maximum atomic E-state index is 11.5. The Bertz CT molecular complexity index is 618. The third kappa shape index (κ3) is 3.68. The Morgan fingerprint density at radius 3 is 2.85 bits per heavy atom. The van der Waals surface area contributed by atoms with Crippen molar-refractivity contribution in [2.75, 3.05) is 11.5 Å². The fraction of sp³-hybridized carbons (Fsp3) is 0.500. The third-order valence-corrected chi connectivity index (χ3v) is 5.50. The Kier molecular flexibility index (Phi) is 4.62. The maximum Gasteiger partial charge on any atom is 0.275 e. The summed E-state index contributed by atoms with van der Waals surface area (Å²) < 4.78 is 23.1. The van der Waals surface area contributed by atoms with E-state index in [4.69, 9.17) is 11.6 Å². The molecule has 2 rings (SSSR count). The molecule has 0 aromatic heterocycles. The van der Waals surface area contributed by atoms with Gasteiger partial charge in [-0.3, -0.25) is 10.1 Å². The molecule has 1 heterocycles. The minimum atomic E-state index is -3.00. The fourth-order valence-corrected chi connectivity index (χ4v) is 4.23. The first-order valence-electron chi connectivity index (χ1n) is 6.24. The van der Waals surface area contributed by atoms with Crippen LogP contribution >= 0.6 is 11.6 Å². The second-order valence-corrected chi connectivity index (χ2v) is 7.46. The Labute approximate surface area is 122 Å². The molecule has 0 spiro atoms. The van der Waals surface area contributed by atoms with Crippen LogP contribution in [0.25, 0.3) is 0 Å². The van der Waals surface area contributed by atoms with E-state index in [9.17, 15) is 18.5 Å². The zero-order valence-electron chi connectivity index (χ0n) is 10.7. The molecule has 1 atom stereocenters. The van der Waals surface area contributed by atoms with Crippen LogP contribution in [0.5, 0.6) is 0 Å². The quantitative estimate of drug-likeness (QED) is 0.676. The van der Waals surface area contributed by atoms with E-state index in [1.165, 1.54) is 12.1 Å². The molecule has 0 amide bonds. The molecule has 1 N–H and O–H groups in total. The number of hydrogen-bond donors (Lipinski definition) is 1. The molecular formula is C12H15ClN2O4S. The molecule has 0 bridgehead atoms. The highest BCUT2D eigenvalue weighted by Gasteiger charge is 2.25. The van der Waals surface area contributed by atoms with E-state index in [1.807, 2.05) is 0 Å². The van der Waals surface area contributed by atoms with Crippen LogP contribution < -0.4 is 5.32 Å². The molecule has 6 nitrogen and oxygen atoms in total. The molecule has 1 aromatic carbocycles. The summed E-state index contributed by atoms with van der Waals surface area (Å²) in [7, 11) is -3.00. The molecule has 0 aliphatic carbocycles. The average molecular weight is 319 g/mol. The number of nitro groups is 1. The van der Waals surface area contributed by atoms with Crippen LogP contribution in [0.4, 0.5) is 5.69 Å². The smallest absolute Gasteiger partial charge is 0.275 e. The number of nitrogens with one attached hydrogen (secondary N) is 1. The monoisotopic (exact) mass is 318 g/mol. The van der Waals surface area contributed by atoms with E-state index in [-0.39, 0.29) is 29.8 Å². The lowest BCUT2D eigenvalue weighted by Crippen LogP contribution is -2.39. The van der Waals surface area contributed by atoms with Gasteiger partial charge < -0.3 is 5.32 Å². The number of halogens is 1. The molecule has 1 aliphatic heterocycles. The Morgan fingerprint density at radius 2 is 2.20 bits per heavy atom. The van der Waals surface area contributed by atoms with Crippen LogP contribution in [0.3, 0.4) is 0 Å². The highest BCUT2D eigenvalue weighted by Crippen LogP contribution is 2.26. The molecule has 0 saturated carbocycles. The molecule has 1 saturated heterocycles. The molecule has 1 fully saturated rings. The predicted octanol–water partition coefficient (Wildman–Crippen LogP) is 1.92. The van der Waals surface area contributed by atoms with Gasteiger partial charge in [0.15, 0.2) is 9.84 Å². The summed E-state index contributed by atoms with van der Waals surface area (Å²) in [4.78, 5) is 10.5. The van der Waals surface area contributed by atoms with Crippen molar-refractivity contribution in [2.24, 2.45) is 0 Å². The van der Waals surface area contributed by atoms with Crippen molar-refractivity contribution >= 4 is 27.1 Å². The molecular weight excluding hydrogens is 304 g/mol. The first-order chi connectivity index (χ1) is 9.39. The number of nitrogens with zero attached hydrogens (tertiary/aromatic N) is 1. The third-order valence-electron chi connectivity index (χ3n) is 3.32. The molecule has 1 aliphatic rings. The summed E-state index contributed by atoms with van der Waals surface area (Å²) >= 11 is 5.98. The number of benzene rings is 1. The summed E-state index contributed by atoms with van der Waals surface area (Å²) in [6.45, 7) is 0.191. The van der Waals surface area contributed by atoms with Gasteiger partial charge in [0.1, 0.15) is 0 Å². The first-order valence-corrected chi connectivity index (χ1v) is 8.44. The van der Waals surface area contributed by atoms with E-state index in [0.717, 1.165) is 6.42 Å². The van der Waals surface area contributed by atoms with Crippen LogP contribution in [0.15, 0.2) is 18.2 Å². The molecule has 8 heteroatoms. The summed E-state index contributed by atoms with van der Waals surface area (Å²) in [5, 5.41) is 14.3. The Hall–Kier alpha value is -1.18. The highest BCUT2D eigenvalue weighted by molar-refractivity contribution is 7.91. The van der Waals surface area contributed by atoms with E-state index >= 15 is 0 Å². The van der Waals surface area contributed by atoms with E-state index in [0.29, 0.717) is 17.0 Å². The average Bonchev–Trinajstić information content (AvgIpc) is 2.35. The predicted molar refractivity (Wildman–Crippen MR) is 76.6 cm³/mol. The van der Waals surface area contributed by atoms with Gasteiger partial charge in [-0.1, -0.05) is 17.7 Å². The van der Waals surface area contributed by atoms with Crippen LogP contribution in [-0.4, -0.2) is 30.9 Å². The number of rotatable bonds is 4. The summed E-state index contributed by atoms with van der Waals surface area (Å²) in [5.74, 6) is 0.294. The summed E-state index contributed by atoms with van der Waals surface area (Å²) in [6.07, 6.45) is 1.36. The largest absolute Gasteiger partial charge is 0.309 e. The number of nitro benzene ring substituents is 1. The van der Waals surface area contributed by atoms with Gasteiger partial charge in [-0.25, -0.2) is 8.42 Å². The minimum absolute atomic E-state index is 0.0522. The normalized spacial score (nSPS) is 21.6. The molecule has 0 radical (unpaired) electrons. The Morgan fingerprint density at radius 1 is 1.45 bits per heavy atom. The van der Waals surface area contributed by atoms with Crippen LogP contribution in [0.1, 0.15) is 18.4 Å². The van der Waals surface area contributed by atoms with Gasteiger partial charge in [-0.15, -0.1) is 0 Å². The standard InChI is InChI=1S/C12H15ClN2O4S/c13-11-4-1-5-12(15(16)17)10(11)7-14-9-3-2-6-20(18,19)8-9/h1,4-5,9,14H,2-3,6-8H2. The van der Waals surface area contributed by atoms with Crippen molar-refractivity contribution < 1.29 is 13.3 Å². The number of sulfone groups is 1. The SMILES string of the molecule is O=[N+]([O-])c1cccc(Cl)c1CNC1CCCS(=O)(=O)C1.